The zero-order chi connectivity index (χ0) is 19.7. The molecule has 0 aliphatic heterocycles. The maximum atomic E-state index is 9.37. The summed E-state index contributed by atoms with van der Waals surface area (Å²) >= 11 is 0. The first-order valence-corrected chi connectivity index (χ1v) is 15.5. The molecule has 0 unspecified atom stereocenters. The zero-order valence-electron chi connectivity index (χ0n) is 18.3. The van der Waals surface area contributed by atoms with E-state index in [0.29, 0.717) is 0 Å². The van der Waals surface area contributed by atoms with Crippen LogP contribution in [0.15, 0.2) is 11.6 Å². The third-order valence-corrected chi connectivity index (χ3v) is 15.5. The molecule has 3 nitrogen and oxygen atoms in total. The van der Waals surface area contributed by atoms with Crippen LogP contribution in [0, 0.1) is 0 Å². The SMILES string of the molecule is CC(C)(C)[Si](C)(C)O[C@@H]1CC(=CCO)C[C@@H](O[Si](C)(C)C(C)(C)C)C1. The normalized spacial score (nSPS) is 23.7. The van der Waals surface area contributed by atoms with Gasteiger partial charge in [-0.3, -0.25) is 0 Å². The smallest absolute Gasteiger partial charge is 0.192 e. The molecule has 5 heteroatoms. The van der Waals surface area contributed by atoms with Gasteiger partial charge in [-0.25, -0.2) is 0 Å². The molecule has 1 aliphatic rings. The Labute approximate surface area is 158 Å². The summed E-state index contributed by atoms with van der Waals surface area (Å²) in [6.07, 6.45) is 5.23. The van der Waals surface area contributed by atoms with Crippen LogP contribution in [0.4, 0.5) is 0 Å². The lowest BCUT2D eigenvalue weighted by molar-refractivity contribution is 0.0722. The van der Waals surface area contributed by atoms with Gasteiger partial charge in [0.15, 0.2) is 16.6 Å². The number of aliphatic hydroxyl groups is 1. The molecule has 0 spiro atoms. The summed E-state index contributed by atoms with van der Waals surface area (Å²) in [6.45, 7) is 23.1. The molecule has 0 saturated heterocycles. The summed E-state index contributed by atoms with van der Waals surface area (Å²) in [5, 5.41) is 9.79. The van der Waals surface area contributed by atoms with Gasteiger partial charge in [0, 0.05) is 0 Å². The number of aliphatic hydroxyl groups excluding tert-OH is 1. The van der Waals surface area contributed by atoms with Crippen LogP contribution in [0.25, 0.3) is 0 Å². The summed E-state index contributed by atoms with van der Waals surface area (Å²) in [7, 11) is -3.61. The fourth-order valence-electron chi connectivity index (χ4n) is 2.79. The molecule has 148 valence electrons. The summed E-state index contributed by atoms with van der Waals surface area (Å²) < 4.78 is 13.4. The van der Waals surface area contributed by atoms with Crippen LogP contribution in [-0.2, 0) is 8.85 Å². The summed E-state index contributed by atoms with van der Waals surface area (Å²) in [5.74, 6) is 0. The van der Waals surface area contributed by atoms with E-state index in [1.807, 2.05) is 6.08 Å². The van der Waals surface area contributed by atoms with E-state index in [0.717, 1.165) is 19.3 Å². The highest BCUT2D eigenvalue weighted by Crippen LogP contribution is 2.42. The fraction of sp³-hybridized carbons (Fsp3) is 0.900. The van der Waals surface area contributed by atoms with E-state index >= 15 is 0 Å². The van der Waals surface area contributed by atoms with Crippen molar-refractivity contribution in [2.24, 2.45) is 0 Å². The second-order valence-corrected chi connectivity index (χ2v) is 20.2. The minimum Gasteiger partial charge on any atom is -0.414 e. The molecular formula is C20H42O3Si2. The van der Waals surface area contributed by atoms with Crippen LogP contribution in [0.2, 0.25) is 36.3 Å². The van der Waals surface area contributed by atoms with E-state index in [1.54, 1.807) is 0 Å². The van der Waals surface area contributed by atoms with Gasteiger partial charge in [0.25, 0.3) is 0 Å². The van der Waals surface area contributed by atoms with E-state index in [2.05, 4.69) is 67.7 Å². The lowest BCUT2D eigenvalue weighted by atomic mass is 9.90. The van der Waals surface area contributed by atoms with Crippen molar-refractivity contribution in [1.82, 2.24) is 0 Å². The molecule has 0 aromatic heterocycles. The first kappa shape index (κ1) is 23.1. The molecule has 2 atom stereocenters. The Bertz CT molecular complexity index is 432. The van der Waals surface area contributed by atoms with Gasteiger partial charge in [0.2, 0.25) is 0 Å². The first-order valence-electron chi connectivity index (χ1n) is 9.73. The van der Waals surface area contributed by atoms with Gasteiger partial charge in [-0.15, -0.1) is 0 Å². The molecule has 0 heterocycles. The van der Waals surface area contributed by atoms with Gasteiger partial charge in [0.05, 0.1) is 18.8 Å². The Balaban J connectivity index is 2.94. The highest BCUT2D eigenvalue weighted by Gasteiger charge is 2.43. The summed E-state index contributed by atoms with van der Waals surface area (Å²) in [6, 6.07) is 0. The maximum absolute atomic E-state index is 9.37. The van der Waals surface area contributed by atoms with Crippen LogP contribution in [0.1, 0.15) is 60.8 Å². The molecule has 1 N–H and O–H groups in total. The lowest BCUT2D eigenvalue weighted by Crippen LogP contribution is -2.48. The Morgan fingerprint density at radius 3 is 1.52 bits per heavy atom. The second kappa shape index (κ2) is 7.97. The maximum Gasteiger partial charge on any atom is 0.192 e. The van der Waals surface area contributed by atoms with E-state index in [4.69, 9.17) is 8.85 Å². The highest BCUT2D eigenvalue weighted by molar-refractivity contribution is 6.74. The van der Waals surface area contributed by atoms with Crippen molar-refractivity contribution in [2.45, 2.75) is 109 Å². The lowest BCUT2D eigenvalue weighted by Gasteiger charge is -2.45. The van der Waals surface area contributed by atoms with Crippen molar-refractivity contribution in [1.29, 1.82) is 0 Å². The Morgan fingerprint density at radius 2 is 1.24 bits per heavy atom. The average Bonchev–Trinajstić information content (AvgIpc) is 2.34. The van der Waals surface area contributed by atoms with E-state index in [9.17, 15) is 5.11 Å². The second-order valence-electron chi connectivity index (χ2n) is 10.7. The van der Waals surface area contributed by atoms with Gasteiger partial charge in [-0.2, -0.15) is 0 Å². The minimum absolute atomic E-state index is 0.106. The molecule has 0 aromatic carbocycles. The average molecular weight is 387 g/mol. The molecule has 1 fully saturated rings. The molecular weight excluding hydrogens is 344 g/mol. The van der Waals surface area contributed by atoms with E-state index in [1.165, 1.54) is 5.57 Å². The molecule has 1 aliphatic carbocycles. The zero-order valence-corrected chi connectivity index (χ0v) is 20.3. The van der Waals surface area contributed by atoms with Crippen molar-refractivity contribution in [3.05, 3.63) is 11.6 Å². The van der Waals surface area contributed by atoms with Gasteiger partial charge >= 0.3 is 0 Å². The summed E-state index contributed by atoms with van der Waals surface area (Å²) in [5.41, 5.74) is 1.29. The van der Waals surface area contributed by atoms with Gasteiger partial charge in [-0.1, -0.05) is 53.2 Å². The monoisotopic (exact) mass is 386 g/mol. The topological polar surface area (TPSA) is 38.7 Å². The van der Waals surface area contributed by atoms with Crippen molar-refractivity contribution in [2.75, 3.05) is 6.61 Å². The van der Waals surface area contributed by atoms with Crippen molar-refractivity contribution >= 4 is 16.6 Å². The number of hydrogen-bond donors (Lipinski definition) is 1. The number of rotatable bonds is 5. The Kier molecular flexibility index (Phi) is 7.36. The van der Waals surface area contributed by atoms with Crippen molar-refractivity contribution < 1.29 is 14.0 Å². The molecule has 1 saturated carbocycles. The standard InChI is InChI=1S/C20H42O3Si2/c1-19(2,3)24(7,8)22-17-13-16(11-12-21)14-18(15-17)23-25(9,10)20(4,5)6/h11,17-18,21H,12-15H2,1-10H3/t17-,18-/m1/s1. The van der Waals surface area contributed by atoms with Crippen molar-refractivity contribution in [3.8, 4) is 0 Å². The fourth-order valence-corrected chi connectivity index (χ4v) is 5.52. The third-order valence-electron chi connectivity index (χ3n) is 6.42. The Hall–Kier alpha value is 0.0538. The van der Waals surface area contributed by atoms with Crippen LogP contribution < -0.4 is 0 Å². The molecule has 0 bridgehead atoms. The molecule has 0 radical (unpaired) electrons. The highest BCUT2D eigenvalue weighted by atomic mass is 28.4. The third kappa shape index (κ3) is 6.31. The van der Waals surface area contributed by atoms with E-state index in [-0.39, 0.29) is 28.9 Å². The largest absolute Gasteiger partial charge is 0.414 e. The Morgan fingerprint density at radius 1 is 0.880 bits per heavy atom. The molecule has 0 aromatic rings. The van der Waals surface area contributed by atoms with Gasteiger partial charge < -0.3 is 14.0 Å². The predicted molar refractivity (Wildman–Crippen MR) is 113 cm³/mol. The van der Waals surface area contributed by atoms with Gasteiger partial charge in [-0.05, 0) is 55.5 Å². The van der Waals surface area contributed by atoms with Crippen LogP contribution in [0.5, 0.6) is 0 Å². The predicted octanol–water partition coefficient (Wildman–Crippen LogP) is 5.87. The molecule has 0 amide bonds. The number of hydrogen-bond acceptors (Lipinski definition) is 3. The van der Waals surface area contributed by atoms with Crippen LogP contribution in [-0.4, -0.2) is 40.6 Å². The van der Waals surface area contributed by atoms with Gasteiger partial charge in [0.1, 0.15) is 0 Å². The van der Waals surface area contributed by atoms with Crippen molar-refractivity contribution in [3.63, 3.8) is 0 Å². The van der Waals surface area contributed by atoms with E-state index < -0.39 is 16.6 Å². The van der Waals surface area contributed by atoms with Crippen LogP contribution in [0.3, 0.4) is 0 Å². The molecule has 1 rings (SSSR count). The van der Waals surface area contributed by atoms with Crippen LogP contribution >= 0.6 is 0 Å². The molecule has 25 heavy (non-hydrogen) atoms. The summed E-state index contributed by atoms with van der Waals surface area (Å²) in [4.78, 5) is 0. The quantitative estimate of drug-likeness (QED) is 0.474. The first-order chi connectivity index (χ1) is 11.1. The minimum atomic E-state index is -1.80.